The van der Waals surface area contributed by atoms with Crippen LogP contribution in [0, 0.1) is 5.41 Å². The van der Waals surface area contributed by atoms with Crippen molar-refractivity contribution in [1.82, 2.24) is 5.32 Å². The van der Waals surface area contributed by atoms with Crippen LogP contribution in [0.4, 0.5) is 5.69 Å². The van der Waals surface area contributed by atoms with Gasteiger partial charge in [0.15, 0.2) is 0 Å². The SMILES string of the molecule is CC1(CNCCCc2cccc(N)c2)CCCCC1. The number of nitrogen functional groups attached to an aromatic ring is 1. The third-order valence-corrected chi connectivity index (χ3v) is 4.38. The molecule has 1 aliphatic carbocycles. The molecular weight excluding hydrogens is 232 g/mol. The highest BCUT2D eigenvalue weighted by molar-refractivity contribution is 5.40. The lowest BCUT2D eigenvalue weighted by molar-refractivity contribution is 0.208. The minimum atomic E-state index is 0.551. The van der Waals surface area contributed by atoms with E-state index in [4.69, 9.17) is 5.73 Å². The molecule has 2 nitrogen and oxygen atoms in total. The van der Waals surface area contributed by atoms with Crippen molar-refractivity contribution in [1.29, 1.82) is 0 Å². The van der Waals surface area contributed by atoms with Crippen molar-refractivity contribution in [2.24, 2.45) is 5.41 Å². The van der Waals surface area contributed by atoms with E-state index in [-0.39, 0.29) is 0 Å². The van der Waals surface area contributed by atoms with Crippen LogP contribution in [0.2, 0.25) is 0 Å². The summed E-state index contributed by atoms with van der Waals surface area (Å²) in [6.45, 7) is 4.74. The quantitative estimate of drug-likeness (QED) is 0.603. The van der Waals surface area contributed by atoms with Gasteiger partial charge in [0, 0.05) is 12.2 Å². The van der Waals surface area contributed by atoms with Gasteiger partial charge in [0.05, 0.1) is 0 Å². The summed E-state index contributed by atoms with van der Waals surface area (Å²) in [4.78, 5) is 0. The molecule has 0 aliphatic heterocycles. The molecule has 0 atom stereocenters. The van der Waals surface area contributed by atoms with E-state index in [1.165, 1.54) is 50.6 Å². The summed E-state index contributed by atoms with van der Waals surface area (Å²) in [5, 5.41) is 3.65. The Hall–Kier alpha value is -1.02. The summed E-state index contributed by atoms with van der Waals surface area (Å²) in [5.74, 6) is 0. The number of anilines is 1. The molecule has 0 spiro atoms. The van der Waals surface area contributed by atoms with Gasteiger partial charge in [0.2, 0.25) is 0 Å². The predicted molar refractivity (Wildman–Crippen MR) is 83.2 cm³/mol. The van der Waals surface area contributed by atoms with E-state index >= 15 is 0 Å². The molecular formula is C17H28N2. The van der Waals surface area contributed by atoms with Crippen molar-refractivity contribution in [2.45, 2.75) is 51.9 Å². The summed E-state index contributed by atoms with van der Waals surface area (Å²) >= 11 is 0. The van der Waals surface area contributed by atoms with Gasteiger partial charge < -0.3 is 11.1 Å². The van der Waals surface area contributed by atoms with Crippen LogP contribution >= 0.6 is 0 Å². The lowest BCUT2D eigenvalue weighted by Gasteiger charge is -2.33. The second kappa shape index (κ2) is 6.95. The summed E-state index contributed by atoms with van der Waals surface area (Å²) in [6, 6.07) is 8.24. The molecule has 106 valence electrons. The fraction of sp³-hybridized carbons (Fsp3) is 0.647. The monoisotopic (exact) mass is 260 g/mol. The molecule has 0 heterocycles. The molecule has 3 N–H and O–H groups in total. The second-order valence-corrected chi connectivity index (χ2v) is 6.40. The van der Waals surface area contributed by atoms with Gasteiger partial charge in [-0.25, -0.2) is 0 Å². The summed E-state index contributed by atoms with van der Waals surface area (Å²) in [6.07, 6.45) is 9.38. The highest BCUT2D eigenvalue weighted by Gasteiger charge is 2.25. The van der Waals surface area contributed by atoms with Crippen molar-refractivity contribution in [3.05, 3.63) is 29.8 Å². The first-order valence-corrected chi connectivity index (χ1v) is 7.73. The highest BCUT2D eigenvalue weighted by atomic mass is 14.9. The van der Waals surface area contributed by atoms with Crippen LogP contribution in [0.25, 0.3) is 0 Å². The van der Waals surface area contributed by atoms with E-state index < -0.39 is 0 Å². The zero-order valence-corrected chi connectivity index (χ0v) is 12.3. The highest BCUT2D eigenvalue weighted by Crippen LogP contribution is 2.34. The zero-order valence-electron chi connectivity index (χ0n) is 12.3. The molecule has 19 heavy (non-hydrogen) atoms. The normalized spacial score (nSPS) is 18.4. The fourth-order valence-electron chi connectivity index (χ4n) is 3.14. The number of benzene rings is 1. The van der Waals surface area contributed by atoms with Crippen molar-refractivity contribution in [3.8, 4) is 0 Å². The number of nitrogens with one attached hydrogen (secondary N) is 1. The molecule has 0 unspecified atom stereocenters. The Labute approximate surface area is 117 Å². The fourth-order valence-corrected chi connectivity index (χ4v) is 3.14. The molecule has 0 radical (unpaired) electrons. The average molecular weight is 260 g/mol. The van der Waals surface area contributed by atoms with Crippen LogP contribution in [0.1, 0.15) is 51.0 Å². The Bertz CT molecular complexity index is 381. The smallest absolute Gasteiger partial charge is 0.0316 e. The first-order valence-electron chi connectivity index (χ1n) is 7.73. The van der Waals surface area contributed by atoms with Crippen LogP contribution < -0.4 is 11.1 Å². The molecule has 1 aliphatic rings. The van der Waals surface area contributed by atoms with E-state index in [1.54, 1.807) is 0 Å². The summed E-state index contributed by atoms with van der Waals surface area (Å²) in [5.41, 5.74) is 8.57. The molecule has 0 saturated heterocycles. The number of aryl methyl sites for hydroxylation is 1. The zero-order chi connectivity index (χ0) is 13.6. The van der Waals surface area contributed by atoms with Gasteiger partial charge in [-0.1, -0.05) is 38.3 Å². The van der Waals surface area contributed by atoms with Crippen molar-refractivity contribution in [3.63, 3.8) is 0 Å². The third kappa shape index (κ3) is 4.87. The van der Waals surface area contributed by atoms with Gasteiger partial charge >= 0.3 is 0 Å². The van der Waals surface area contributed by atoms with Crippen molar-refractivity contribution in [2.75, 3.05) is 18.8 Å². The van der Waals surface area contributed by atoms with Gasteiger partial charge in [-0.15, -0.1) is 0 Å². The van der Waals surface area contributed by atoms with Crippen LogP contribution in [0.3, 0.4) is 0 Å². The van der Waals surface area contributed by atoms with Crippen molar-refractivity contribution >= 4 is 5.69 Å². The maximum absolute atomic E-state index is 5.79. The molecule has 2 heteroatoms. The number of rotatable bonds is 6. The molecule has 1 aromatic rings. The van der Waals surface area contributed by atoms with Crippen LogP contribution in [0.5, 0.6) is 0 Å². The molecule has 1 aromatic carbocycles. The lowest BCUT2D eigenvalue weighted by atomic mass is 9.76. The Kier molecular flexibility index (Phi) is 5.26. The topological polar surface area (TPSA) is 38.0 Å². The summed E-state index contributed by atoms with van der Waals surface area (Å²) < 4.78 is 0. The van der Waals surface area contributed by atoms with Gasteiger partial charge in [-0.05, 0) is 55.3 Å². The van der Waals surface area contributed by atoms with Gasteiger partial charge in [-0.3, -0.25) is 0 Å². The number of hydrogen-bond donors (Lipinski definition) is 2. The van der Waals surface area contributed by atoms with Crippen LogP contribution in [0.15, 0.2) is 24.3 Å². The largest absolute Gasteiger partial charge is 0.399 e. The molecule has 2 rings (SSSR count). The standard InChI is InChI=1S/C17H28N2/c1-17(10-3-2-4-11-17)14-19-12-6-8-15-7-5-9-16(18)13-15/h5,7,9,13,19H,2-4,6,8,10-12,14,18H2,1H3. The minimum absolute atomic E-state index is 0.551. The van der Waals surface area contributed by atoms with E-state index in [9.17, 15) is 0 Å². The van der Waals surface area contributed by atoms with E-state index in [0.717, 1.165) is 18.7 Å². The molecule has 0 bridgehead atoms. The Balaban J connectivity index is 1.62. The molecule has 0 aromatic heterocycles. The maximum Gasteiger partial charge on any atom is 0.0316 e. The number of nitrogens with two attached hydrogens (primary N) is 1. The molecule has 1 saturated carbocycles. The van der Waals surface area contributed by atoms with Gasteiger partial charge in [-0.2, -0.15) is 0 Å². The Morgan fingerprint density at radius 2 is 2.00 bits per heavy atom. The average Bonchev–Trinajstić information content (AvgIpc) is 2.39. The second-order valence-electron chi connectivity index (χ2n) is 6.40. The van der Waals surface area contributed by atoms with Crippen LogP contribution in [-0.4, -0.2) is 13.1 Å². The van der Waals surface area contributed by atoms with Crippen LogP contribution in [-0.2, 0) is 6.42 Å². The molecule has 1 fully saturated rings. The first kappa shape index (κ1) is 14.4. The van der Waals surface area contributed by atoms with Gasteiger partial charge in [0.1, 0.15) is 0 Å². The first-order chi connectivity index (χ1) is 9.18. The third-order valence-electron chi connectivity index (χ3n) is 4.38. The van der Waals surface area contributed by atoms with Gasteiger partial charge in [0.25, 0.3) is 0 Å². The minimum Gasteiger partial charge on any atom is -0.399 e. The van der Waals surface area contributed by atoms with E-state index in [0.29, 0.717) is 5.41 Å². The summed E-state index contributed by atoms with van der Waals surface area (Å²) in [7, 11) is 0. The predicted octanol–water partition coefficient (Wildman–Crippen LogP) is 3.76. The Morgan fingerprint density at radius 1 is 1.21 bits per heavy atom. The lowest BCUT2D eigenvalue weighted by Crippen LogP contribution is -2.34. The van der Waals surface area contributed by atoms with E-state index in [1.807, 2.05) is 12.1 Å². The maximum atomic E-state index is 5.79. The van der Waals surface area contributed by atoms with E-state index in [2.05, 4.69) is 24.4 Å². The Morgan fingerprint density at radius 3 is 2.74 bits per heavy atom. The van der Waals surface area contributed by atoms with Crippen molar-refractivity contribution < 1.29 is 0 Å². The number of hydrogen-bond acceptors (Lipinski definition) is 2. The molecule has 0 amide bonds.